The lowest BCUT2D eigenvalue weighted by molar-refractivity contribution is 0.259. The van der Waals surface area contributed by atoms with Crippen molar-refractivity contribution < 1.29 is 0 Å². The van der Waals surface area contributed by atoms with E-state index in [-0.39, 0.29) is 5.54 Å². The quantitative estimate of drug-likeness (QED) is 0.513. The molecule has 4 rings (SSSR count). The van der Waals surface area contributed by atoms with E-state index in [1.807, 2.05) is 11.3 Å². The molecule has 1 aliphatic carbocycles. The van der Waals surface area contributed by atoms with Gasteiger partial charge in [0.15, 0.2) is 0 Å². The van der Waals surface area contributed by atoms with E-state index in [4.69, 9.17) is 5.41 Å². The molecule has 2 aromatic heterocycles. The highest BCUT2D eigenvalue weighted by molar-refractivity contribution is 7.19. The van der Waals surface area contributed by atoms with Gasteiger partial charge < -0.3 is 10.4 Å². The highest BCUT2D eigenvalue weighted by Gasteiger charge is 2.61. The Bertz CT molecular complexity index is 751. The van der Waals surface area contributed by atoms with Gasteiger partial charge in [-0.25, -0.2) is 0 Å². The molecule has 24 heavy (non-hydrogen) atoms. The fourth-order valence-electron chi connectivity index (χ4n) is 4.21. The number of H-pyrrole nitrogens is 1. The Balaban J connectivity index is 1.51. The fraction of sp³-hybridized carbons (Fsp3) is 0.650. The largest absolute Gasteiger partial charge is 0.353 e. The van der Waals surface area contributed by atoms with Crippen LogP contribution in [0.15, 0.2) is 12.1 Å². The van der Waals surface area contributed by atoms with E-state index in [0.717, 1.165) is 23.7 Å². The van der Waals surface area contributed by atoms with Crippen molar-refractivity contribution in [2.24, 2.45) is 11.3 Å². The lowest BCUT2D eigenvalue weighted by Gasteiger charge is -2.32. The minimum absolute atomic E-state index is 0.0526. The molecule has 0 aromatic carbocycles. The van der Waals surface area contributed by atoms with Crippen molar-refractivity contribution in [2.45, 2.75) is 71.4 Å². The molecular weight excluding hydrogens is 314 g/mol. The average molecular weight is 344 g/mol. The molecule has 130 valence electrons. The van der Waals surface area contributed by atoms with Gasteiger partial charge in [-0.3, -0.25) is 5.32 Å². The normalized spacial score (nSPS) is 28.3. The molecule has 2 unspecified atom stereocenters. The van der Waals surface area contributed by atoms with Crippen LogP contribution in [0.25, 0.3) is 10.2 Å². The first-order valence-electron chi connectivity index (χ1n) is 9.28. The highest BCUT2D eigenvalue weighted by Crippen LogP contribution is 2.49. The molecule has 0 bridgehead atoms. The first-order chi connectivity index (χ1) is 11.3. The summed E-state index contributed by atoms with van der Waals surface area (Å²) in [4.78, 5) is 4.98. The molecule has 0 amide bonds. The standard InChI is InChI=1S/C20H29N3S/c1-12(2)5-6-13-9-14-16(24-13)10-15(22-14)18(21)20-8-7-19(3,4)11-17(20)23-20/h9-10,12,17,21-23H,5-8,11H2,1-4H3. The molecule has 2 aromatic rings. The molecule has 3 N–H and O–H groups in total. The SMILES string of the molecule is CC(C)CCc1cc2[nH]c(C(=N)C34CCC(C)(C)CC3N4)cc2s1. The van der Waals surface area contributed by atoms with Crippen LogP contribution in [0, 0.1) is 16.7 Å². The second kappa shape index (κ2) is 5.43. The van der Waals surface area contributed by atoms with Gasteiger partial charge in [-0.1, -0.05) is 27.7 Å². The van der Waals surface area contributed by atoms with E-state index in [9.17, 15) is 0 Å². The first kappa shape index (κ1) is 16.3. The molecule has 2 aliphatic rings. The van der Waals surface area contributed by atoms with Gasteiger partial charge in [0.1, 0.15) is 0 Å². The lowest BCUT2D eigenvalue weighted by Crippen LogP contribution is -2.36. The Morgan fingerprint density at radius 1 is 1.33 bits per heavy atom. The van der Waals surface area contributed by atoms with E-state index in [1.165, 1.54) is 40.8 Å². The monoisotopic (exact) mass is 343 g/mol. The van der Waals surface area contributed by atoms with Crippen LogP contribution in [0.4, 0.5) is 0 Å². The molecule has 1 saturated carbocycles. The molecular formula is C20H29N3S. The Hall–Kier alpha value is -1.13. The van der Waals surface area contributed by atoms with Gasteiger partial charge in [0.05, 0.1) is 27.2 Å². The molecule has 1 saturated heterocycles. The predicted octanol–water partition coefficient (Wildman–Crippen LogP) is 5.11. The van der Waals surface area contributed by atoms with Gasteiger partial charge in [0.25, 0.3) is 0 Å². The zero-order valence-corrected chi connectivity index (χ0v) is 16.1. The molecule has 1 aliphatic heterocycles. The van der Waals surface area contributed by atoms with Crippen molar-refractivity contribution in [1.29, 1.82) is 5.41 Å². The smallest absolute Gasteiger partial charge is 0.0781 e. The first-order valence-corrected chi connectivity index (χ1v) is 10.1. The summed E-state index contributed by atoms with van der Waals surface area (Å²) in [6.45, 7) is 9.26. The number of hydrogen-bond donors (Lipinski definition) is 3. The number of aryl methyl sites for hydroxylation is 1. The zero-order chi connectivity index (χ0) is 17.1. The molecule has 3 nitrogen and oxygen atoms in total. The van der Waals surface area contributed by atoms with Crippen LogP contribution in [-0.4, -0.2) is 22.3 Å². The van der Waals surface area contributed by atoms with Gasteiger partial charge >= 0.3 is 0 Å². The Morgan fingerprint density at radius 3 is 2.79 bits per heavy atom. The lowest BCUT2D eigenvalue weighted by atomic mass is 9.71. The Morgan fingerprint density at radius 2 is 2.12 bits per heavy atom. The van der Waals surface area contributed by atoms with Crippen LogP contribution in [0.1, 0.15) is 63.9 Å². The number of thiophene rings is 1. The molecule has 0 radical (unpaired) electrons. The van der Waals surface area contributed by atoms with Crippen LogP contribution < -0.4 is 5.32 Å². The van der Waals surface area contributed by atoms with Crippen LogP contribution in [0.3, 0.4) is 0 Å². The molecule has 2 atom stereocenters. The van der Waals surface area contributed by atoms with E-state index in [0.29, 0.717) is 11.5 Å². The summed E-state index contributed by atoms with van der Waals surface area (Å²) in [5.74, 6) is 0.752. The van der Waals surface area contributed by atoms with E-state index >= 15 is 0 Å². The number of hydrogen-bond acceptors (Lipinski definition) is 3. The third kappa shape index (κ3) is 2.74. The second-order valence-electron chi connectivity index (χ2n) is 9.02. The van der Waals surface area contributed by atoms with Crippen molar-refractivity contribution in [3.8, 4) is 0 Å². The van der Waals surface area contributed by atoms with Gasteiger partial charge in [-0.2, -0.15) is 0 Å². The predicted molar refractivity (Wildman–Crippen MR) is 103 cm³/mol. The van der Waals surface area contributed by atoms with Crippen molar-refractivity contribution in [3.05, 3.63) is 22.7 Å². The van der Waals surface area contributed by atoms with Crippen LogP contribution in [0.5, 0.6) is 0 Å². The highest BCUT2D eigenvalue weighted by atomic mass is 32.1. The summed E-state index contributed by atoms with van der Waals surface area (Å²) in [5, 5.41) is 12.4. The molecule has 4 heteroatoms. The third-order valence-electron chi connectivity index (χ3n) is 5.94. The van der Waals surface area contributed by atoms with Crippen LogP contribution >= 0.6 is 11.3 Å². The number of rotatable bonds is 5. The van der Waals surface area contributed by atoms with Crippen molar-refractivity contribution in [2.75, 3.05) is 0 Å². The number of nitrogens with one attached hydrogen (secondary N) is 3. The fourth-order valence-corrected chi connectivity index (χ4v) is 5.28. The zero-order valence-electron chi connectivity index (χ0n) is 15.3. The van der Waals surface area contributed by atoms with Crippen molar-refractivity contribution in [1.82, 2.24) is 10.3 Å². The summed E-state index contributed by atoms with van der Waals surface area (Å²) in [7, 11) is 0. The van der Waals surface area contributed by atoms with E-state index in [2.05, 4.69) is 50.1 Å². The number of aromatic nitrogens is 1. The van der Waals surface area contributed by atoms with Gasteiger partial charge in [-0.15, -0.1) is 11.3 Å². The summed E-state index contributed by atoms with van der Waals surface area (Å²) in [6.07, 6.45) is 5.89. The summed E-state index contributed by atoms with van der Waals surface area (Å²) in [5.41, 5.74) is 3.36. The summed E-state index contributed by atoms with van der Waals surface area (Å²) in [6, 6.07) is 4.99. The van der Waals surface area contributed by atoms with E-state index in [1.54, 1.807) is 0 Å². The number of fused-ring (bicyclic) bond motifs is 2. The third-order valence-corrected chi connectivity index (χ3v) is 7.08. The van der Waals surface area contributed by atoms with Gasteiger partial charge in [0.2, 0.25) is 0 Å². The van der Waals surface area contributed by atoms with E-state index < -0.39 is 0 Å². The maximum Gasteiger partial charge on any atom is 0.0781 e. The maximum absolute atomic E-state index is 8.77. The average Bonchev–Trinajstić information content (AvgIpc) is 2.87. The molecule has 2 fully saturated rings. The van der Waals surface area contributed by atoms with Crippen molar-refractivity contribution >= 4 is 27.3 Å². The van der Waals surface area contributed by atoms with Crippen LogP contribution in [0.2, 0.25) is 0 Å². The topological polar surface area (TPSA) is 61.6 Å². The van der Waals surface area contributed by atoms with Gasteiger partial charge in [0, 0.05) is 10.9 Å². The Labute approximate surface area is 148 Å². The summed E-state index contributed by atoms with van der Waals surface area (Å²) < 4.78 is 1.30. The van der Waals surface area contributed by atoms with Gasteiger partial charge in [-0.05, 0) is 55.6 Å². The minimum Gasteiger partial charge on any atom is -0.353 e. The van der Waals surface area contributed by atoms with Crippen LogP contribution in [-0.2, 0) is 6.42 Å². The minimum atomic E-state index is -0.0526. The summed E-state index contributed by atoms with van der Waals surface area (Å²) >= 11 is 1.89. The Kier molecular flexibility index (Phi) is 3.70. The molecule has 0 spiro atoms. The number of aromatic amines is 1. The maximum atomic E-state index is 8.77. The van der Waals surface area contributed by atoms with Crippen molar-refractivity contribution in [3.63, 3.8) is 0 Å². The second-order valence-corrected chi connectivity index (χ2v) is 10.2. The molecule has 3 heterocycles.